The van der Waals surface area contributed by atoms with Crippen molar-refractivity contribution >= 4 is 26.8 Å². The summed E-state index contributed by atoms with van der Waals surface area (Å²) in [4.78, 5) is 25.4. The van der Waals surface area contributed by atoms with Gasteiger partial charge in [-0.25, -0.2) is 13.2 Å². The molecule has 1 atom stereocenters. The summed E-state index contributed by atoms with van der Waals surface area (Å²) < 4.78 is 34.1. The smallest absolute Gasteiger partial charge is 0.340 e. The molecule has 1 aliphatic heterocycles. The number of carbonyl (C=O) groups is 1. The third-order valence-electron chi connectivity index (χ3n) is 5.48. The van der Waals surface area contributed by atoms with Crippen molar-refractivity contribution in [1.29, 1.82) is 0 Å². The molecule has 2 N–H and O–H groups in total. The van der Waals surface area contributed by atoms with Gasteiger partial charge >= 0.3 is 5.97 Å². The fourth-order valence-corrected chi connectivity index (χ4v) is 5.45. The minimum Gasteiger partial charge on any atom is -0.440 e. The summed E-state index contributed by atoms with van der Waals surface area (Å²) in [6.45, 7) is 2.13. The molecule has 4 rings (SSSR count). The maximum Gasteiger partial charge on any atom is 0.340 e. The Bertz CT molecular complexity index is 1320. The van der Waals surface area contributed by atoms with E-state index in [0.29, 0.717) is 23.9 Å². The molecule has 0 bridgehead atoms. The second-order valence-corrected chi connectivity index (χ2v) is 9.50. The van der Waals surface area contributed by atoms with Crippen LogP contribution >= 0.6 is 0 Å². The van der Waals surface area contributed by atoms with E-state index in [1.54, 1.807) is 37.3 Å². The van der Waals surface area contributed by atoms with E-state index < -0.39 is 21.6 Å². The summed E-state index contributed by atoms with van der Waals surface area (Å²) in [6, 6.07) is 13.0. The first kappa shape index (κ1) is 21.2. The average Bonchev–Trinajstić information content (AvgIpc) is 3.20. The molecule has 1 saturated heterocycles. The summed E-state index contributed by atoms with van der Waals surface area (Å²) in [5.74, 6) is -0.535. The second-order valence-electron chi connectivity index (χ2n) is 7.60. The van der Waals surface area contributed by atoms with Gasteiger partial charge in [0.2, 0.25) is 10.0 Å². The van der Waals surface area contributed by atoms with E-state index in [1.807, 2.05) is 6.07 Å². The maximum atomic E-state index is 13.1. The molecule has 0 saturated carbocycles. The van der Waals surface area contributed by atoms with Crippen LogP contribution in [0.3, 0.4) is 0 Å². The predicted octanol–water partition coefficient (Wildman–Crippen LogP) is 1.85. The maximum absolute atomic E-state index is 13.1. The lowest BCUT2D eigenvalue weighted by Gasteiger charge is -2.17. The molecule has 2 aromatic carbocycles. The zero-order valence-electron chi connectivity index (χ0n) is 17.0. The lowest BCUT2D eigenvalue weighted by atomic mass is 10.1. The fourth-order valence-electron chi connectivity index (χ4n) is 3.74. The van der Waals surface area contributed by atoms with Crippen molar-refractivity contribution in [1.82, 2.24) is 8.87 Å². The van der Waals surface area contributed by atoms with Gasteiger partial charge in [0.1, 0.15) is 0 Å². The first-order valence-corrected chi connectivity index (χ1v) is 11.3. The molecule has 9 heteroatoms. The van der Waals surface area contributed by atoms with Crippen LogP contribution in [0.1, 0.15) is 22.3 Å². The normalized spacial score (nSPS) is 17.2. The Hall–Kier alpha value is -3.01. The number of rotatable bonds is 5. The Labute approximate surface area is 179 Å². The molecule has 162 valence electrons. The average molecular weight is 442 g/mol. The predicted molar refractivity (Wildman–Crippen MR) is 116 cm³/mol. The molecular weight excluding hydrogens is 418 g/mol. The lowest BCUT2D eigenvalue weighted by molar-refractivity contribution is 0.0366. The number of sulfonamides is 1. The van der Waals surface area contributed by atoms with Crippen molar-refractivity contribution in [3.63, 3.8) is 0 Å². The molecule has 1 fully saturated rings. The Kier molecular flexibility index (Phi) is 5.65. The number of pyridine rings is 1. The first-order chi connectivity index (χ1) is 14.8. The molecule has 0 aliphatic carbocycles. The summed E-state index contributed by atoms with van der Waals surface area (Å²) in [7, 11) is -3.77. The topological polar surface area (TPSA) is 112 Å². The number of hydrogen-bond acceptors (Lipinski definition) is 6. The van der Waals surface area contributed by atoms with Crippen LogP contribution in [-0.4, -0.2) is 42.4 Å². The number of aromatic nitrogens is 1. The number of esters is 1. The van der Waals surface area contributed by atoms with Gasteiger partial charge in [-0.05, 0) is 43.2 Å². The summed E-state index contributed by atoms with van der Waals surface area (Å²) >= 11 is 0. The van der Waals surface area contributed by atoms with E-state index >= 15 is 0 Å². The van der Waals surface area contributed by atoms with Crippen LogP contribution in [0.25, 0.3) is 10.8 Å². The van der Waals surface area contributed by atoms with Gasteiger partial charge < -0.3 is 10.5 Å². The van der Waals surface area contributed by atoms with Crippen molar-refractivity contribution in [2.45, 2.75) is 31.0 Å². The van der Waals surface area contributed by atoms with Gasteiger partial charge in [0.15, 0.2) is 6.73 Å². The van der Waals surface area contributed by atoms with Gasteiger partial charge in [0.25, 0.3) is 5.56 Å². The highest BCUT2D eigenvalue weighted by Crippen LogP contribution is 2.26. The highest BCUT2D eigenvalue weighted by Gasteiger charge is 2.32. The SMILES string of the molecule is Cc1ccccc1C(=O)OCn1ccc2c(S(=O)(=O)N3CCC(N)C3)cccc2c1=O. The Morgan fingerprint density at radius 1 is 1.13 bits per heavy atom. The van der Waals surface area contributed by atoms with Crippen LogP contribution in [-0.2, 0) is 21.5 Å². The third kappa shape index (κ3) is 3.99. The number of ether oxygens (including phenoxy) is 1. The van der Waals surface area contributed by atoms with Crippen LogP contribution in [0.15, 0.2) is 64.4 Å². The molecular formula is C22H23N3O5S. The molecule has 1 aromatic heterocycles. The van der Waals surface area contributed by atoms with Crippen molar-refractivity contribution in [3.05, 3.63) is 76.2 Å². The van der Waals surface area contributed by atoms with Crippen molar-refractivity contribution in [2.24, 2.45) is 5.73 Å². The van der Waals surface area contributed by atoms with E-state index in [2.05, 4.69) is 0 Å². The number of carbonyl (C=O) groups excluding carboxylic acids is 1. The molecule has 0 amide bonds. The number of nitrogens with zero attached hydrogens (tertiary/aromatic N) is 2. The third-order valence-corrected chi connectivity index (χ3v) is 7.41. The lowest BCUT2D eigenvalue weighted by Crippen LogP contribution is -2.32. The second kappa shape index (κ2) is 8.26. The number of fused-ring (bicyclic) bond motifs is 1. The number of nitrogens with two attached hydrogens (primary N) is 1. The standard InChI is InChI=1S/C22H23N3O5S/c1-15-5-2-3-6-17(15)22(27)30-14-24-11-10-18-19(21(24)26)7-4-8-20(18)31(28,29)25-12-9-16(23)13-25/h2-8,10-11,16H,9,12-14,23H2,1H3. The number of hydrogen-bond donors (Lipinski definition) is 1. The summed E-state index contributed by atoms with van der Waals surface area (Å²) in [5, 5.41) is 0.563. The summed E-state index contributed by atoms with van der Waals surface area (Å²) in [6.07, 6.45) is 2.04. The first-order valence-electron chi connectivity index (χ1n) is 9.89. The largest absolute Gasteiger partial charge is 0.440 e. The number of aryl methyl sites for hydroxylation is 1. The van der Waals surface area contributed by atoms with Gasteiger partial charge in [-0.1, -0.05) is 24.3 Å². The van der Waals surface area contributed by atoms with Crippen molar-refractivity contribution in [2.75, 3.05) is 13.1 Å². The molecule has 0 radical (unpaired) electrons. The molecule has 2 heterocycles. The van der Waals surface area contributed by atoms with Gasteiger partial charge in [-0.2, -0.15) is 4.31 Å². The van der Waals surface area contributed by atoms with E-state index in [4.69, 9.17) is 10.5 Å². The molecule has 1 aliphatic rings. The fraction of sp³-hybridized carbons (Fsp3) is 0.273. The van der Waals surface area contributed by atoms with Crippen LogP contribution in [0, 0.1) is 6.92 Å². The quantitative estimate of drug-likeness (QED) is 0.605. The van der Waals surface area contributed by atoms with Gasteiger partial charge in [0, 0.05) is 36.1 Å². The number of benzene rings is 2. The Balaban J connectivity index is 1.64. The van der Waals surface area contributed by atoms with E-state index in [-0.39, 0.29) is 29.6 Å². The van der Waals surface area contributed by atoms with Crippen molar-refractivity contribution in [3.8, 4) is 0 Å². The van der Waals surface area contributed by atoms with Crippen molar-refractivity contribution < 1.29 is 17.9 Å². The molecule has 31 heavy (non-hydrogen) atoms. The van der Waals surface area contributed by atoms with Crippen LogP contribution in [0.2, 0.25) is 0 Å². The van der Waals surface area contributed by atoms with Crippen LogP contribution < -0.4 is 11.3 Å². The van der Waals surface area contributed by atoms with E-state index in [1.165, 1.54) is 27.2 Å². The van der Waals surface area contributed by atoms with E-state index in [9.17, 15) is 18.0 Å². The minimum atomic E-state index is -3.77. The Morgan fingerprint density at radius 3 is 2.61 bits per heavy atom. The monoisotopic (exact) mass is 441 g/mol. The zero-order valence-corrected chi connectivity index (χ0v) is 17.8. The summed E-state index contributed by atoms with van der Waals surface area (Å²) in [5.41, 5.74) is 6.62. The Morgan fingerprint density at radius 2 is 1.90 bits per heavy atom. The van der Waals surface area contributed by atoms with E-state index in [0.717, 1.165) is 5.56 Å². The van der Waals surface area contributed by atoms with Crippen LogP contribution in [0.5, 0.6) is 0 Å². The molecule has 1 unspecified atom stereocenters. The van der Waals surface area contributed by atoms with Gasteiger partial charge in [-0.3, -0.25) is 9.36 Å². The highest BCUT2D eigenvalue weighted by molar-refractivity contribution is 7.89. The molecule has 0 spiro atoms. The molecule has 3 aromatic rings. The highest BCUT2D eigenvalue weighted by atomic mass is 32.2. The van der Waals surface area contributed by atoms with Crippen LogP contribution in [0.4, 0.5) is 0 Å². The zero-order chi connectivity index (χ0) is 22.2. The molecule has 8 nitrogen and oxygen atoms in total. The minimum absolute atomic E-state index is 0.0697. The van der Waals surface area contributed by atoms with Gasteiger partial charge in [0.05, 0.1) is 10.5 Å². The van der Waals surface area contributed by atoms with Gasteiger partial charge in [-0.15, -0.1) is 0 Å².